The minimum Gasteiger partial charge on any atom is -0.506 e. The van der Waals surface area contributed by atoms with E-state index in [1.165, 1.54) is 0 Å². The number of hydrogen-bond acceptors (Lipinski definition) is 8. The van der Waals surface area contributed by atoms with Crippen molar-refractivity contribution in [1.82, 2.24) is 14.9 Å². The third-order valence-electron chi connectivity index (χ3n) is 5.95. The summed E-state index contributed by atoms with van der Waals surface area (Å²) in [6, 6.07) is 8.73. The van der Waals surface area contributed by atoms with Gasteiger partial charge in [-0.15, -0.1) is 11.3 Å². The Kier molecular flexibility index (Phi) is 7.34. The van der Waals surface area contributed by atoms with Gasteiger partial charge in [0.25, 0.3) is 17.4 Å². The van der Waals surface area contributed by atoms with Gasteiger partial charge in [0, 0.05) is 17.0 Å². The van der Waals surface area contributed by atoms with E-state index >= 15 is 0 Å². The molecular weight excluding hydrogens is 488 g/mol. The van der Waals surface area contributed by atoms with E-state index in [-0.39, 0.29) is 5.13 Å². The predicted molar refractivity (Wildman–Crippen MR) is 132 cm³/mol. The highest BCUT2D eigenvalue weighted by Crippen LogP contribution is 2.35. The number of aromatic hydroxyl groups is 2. The number of thiazole rings is 1. The van der Waals surface area contributed by atoms with Crippen LogP contribution in [0.3, 0.4) is 0 Å². The van der Waals surface area contributed by atoms with Crippen LogP contribution in [0.15, 0.2) is 40.5 Å². The van der Waals surface area contributed by atoms with Gasteiger partial charge in [-0.05, 0) is 12.8 Å². The minimum absolute atomic E-state index is 0.159. The average Bonchev–Trinajstić information content (AvgIpc) is 3.32. The molecule has 2 heterocycles. The average molecular weight is 513 g/mol. The monoisotopic (exact) mass is 512 g/mol. The molecule has 36 heavy (non-hydrogen) atoms. The smallest absolute Gasteiger partial charge is 0.322 e. The third-order valence-corrected chi connectivity index (χ3v) is 6.70. The van der Waals surface area contributed by atoms with Crippen molar-refractivity contribution in [2.24, 2.45) is 0 Å². The van der Waals surface area contributed by atoms with Crippen LogP contribution < -0.4 is 16.2 Å². The zero-order chi connectivity index (χ0) is 25.8. The molecule has 11 nitrogen and oxygen atoms in total. The van der Waals surface area contributed by atoms with Crippen molar-refractivity contribution in [2.45, 2.75) is 38.1 Å². The molecule has 4 rings (SSSR count). The number of nitrogens with one attached hydrogen (secondary N) is 2. The lowest BCUT2D eigenvalue weighted by molar-refractivity contribution is -0.135. The molecule has 0 spiro atoms. The van der Waals surface area contributed by atoms with Gasteiger partial charge in [0.1, 0.15) is 17.7 Å². The molecule has 2 amide bonds. The van der Waals surface area contributed by atoms with E-state index in [1.807, 2.05) is 30.3 Å². The molecule has 5 N–H and O–H groups in total. The molecule has 0 atom stereocenters. The zero-order valence-corrected chi connectivity index (χ0v) is 19.9. The molecule has 0 unspecified atom stereocenters. The lowest BCUT2D eigenvalue weighted by atomic mass is 9.94. The largest absolute Gasteiger partial charge is 0.506 e. The Morgan fingerprint density at radius 3 is 2.39 bits per heavy atom. The van der Waals surface area contributed by atoms with Crippen LogP contribution in [0, 0.1) is 0 Å². The van der Waals surface area contributed by atoms with Gasteiger partial charge in [-0.2, -0.15) is 0 Å². The number of carboxylic acid groups (broad SMARTS) is 1. The Morgan fingerprint density at radius 1 is 1.03 bits per heavy atom. The predicted octanol–water partition coefficient (Wildman–Crippen LogP) is 2.95. The van der Waals surface area contributed by atoms with Gasteiger partial charge in [0.2, 0.25) is 5.88 Å². The molecule has 0 aliphatic heterocycles. The topological polar surface area (TPSA) is 171 Å². The lowest BCUT2D eigenvalue weighted by Gasteiger charge is -2.26. The fraction of sp³-hybridized carbons (Fsp3) is 0.292. The Bertz CT molecular complexity index is 1360. The van der Waals surface area contributed by atoms with Crippen molar-refractivity contribution in [1.29, 1.82) is 0 Å². The van der Waals surface area contributed by atoms with E-state index in [2.05, 4.69) is 15.6 Å². The van der Waals surface area contributed by atoms with Gasteiger partial charge in [0.05, 0.1) is 5.69 Å². The van der Waals surface area contributed by atoms with Crippen LogP contribution in [-0.4, -0.2) is 49.2 Å². The molecule has 0 radical (unpaired) electrons. The molecule has 1 aromatic carbocycles. The highest BCUT2D eigenvalue weighted by Gasteiger charge is 2.33. The van der Waals surface area contributed by atoms with Gasteiger partial charge in [-0.1, -0.05) is 49.6 Å². The zero-order valence-electron chi connectivity index (χ0n) is 19.1. The Morgan fingerprint density at radius 2 is 1.72 bits per heavy atom. The molecule has 0 bridgehead atoms. The van der Waals surface area contributed by atoms with Crippen molar-refractivity contribution in [3.63, 3.8) is 0 Å². The fourth-order valence-electron chi connectivity index (χ4n) is 4.24. The summed E-state index contributed by atoms with van der Waals surface area (Å²) in [5.41, 5.74) is -1.02. The standard InChI is InChI=1S/C24H24N4O7S/c29-16(30)11-25-20(32)17-19(31)18(23(35)28(22(17)34)14-9-5-2-6-10-14)21(33)27-24-26-15(12-36-24)13-7-3-1-4-8-13/h1,3-4,7-8,12,14,31,34H,2,5-6,9-11H2,(H,25,32)(H,29,30)(H,26,27,33). The number of amides is 2. The molecule has 3 aromatic rings. The second-order valence-electron chi connectivity index (χ2n) is 8.32. The molecule has 0 saturated heterocycles. The van der Waals surface area contributed by atoms with Gasteiger partial charge in [-0.25, -0.2) is 4.98 Å². The summed E-state index contributed by atoms with van der Waals surface area (Å²) in [7, 11) is 0. The number of rotatable bonds is 7. The number of aromatic nitrogens is 2. The summed E-state index contributed by atoms with van der Waals surface area (Å²) < 4.78 is 0.945. The number of carboxylic acids is 1. The van der Waals surface area contributed by atoms with Crippen molar-refractivity contribution in [3.8, 4) is 22.9 Å². The molecule has 188 valence electrons. The third kappa shape index (κ3) is 5.08. The highest BCUT2D eigenvalue weighted by atomic mass is 32.1. The number of benzene rings is 1. The molecule has 1 aliphatic rings. The van der Waals surface area contributed by atoms with Crippen LogP contribution in [0.1, 0.15) is 58.9 Å². The van der Waals surface area contributed by atoms with Crippen molar-refractivity contribution in [3.05, 3.63) is 57.2 Å². The van der Waals surface area contributed by atoms with Crippen LogP contribution in [0.25, 0.3) is 11.3 Å². The number of anilines is 1. The van der Waals surface area contributed by atoms with E-state index in [0.717, 1.165) is 40.7 Å². The Labute approximate surface area is 209 Å². The van der Waals surface area contributed by atoms with Crippen molar-refractivity contribution in [2.75, 3.05) is 11.9 Å². The summed E-state index contributed by atoms with van der Waals surface area (Å²) >= 11 is 1.11. The molecule has 1 aliphatic carbocycles. The van der Waals surface area contributed by atoms with Gasteiger partial charge >= 0.3 is 5.97 Å². The quantitative estimate of drug-likeness (QED) is 0.322. The number of aliphatic carboxylic acids is 1. The van der Waals surface area contributed by atoms with Crippen LogP contribution in [0.4, 0.5) is 5.13 Å². The lowest BCUT2D eigenvalue weighted by Crippen LogP contribution is -2.36. The van der Waals surface area contributed by atoms with Crippen molar-refractivity contribution < 1.29 is 29.7 Å². The van der Waals surface area contributed by atoms with E-state index < -0.39 is 58.7 Å². The van der Waals surface area contributed by atoms with E-state index in [4.69, 9.17) is 5.11 Å². The number of carbonyl (C=O) groups excluding carboxylic acids is 2. The summed E-state index contributed by atoms with van der Waals surface area (Å²) in [4.78, 5) is 54.4. The summed E-state index contributed by atoms with van der Waals surface area (Å²) in [6.07, 6.45) is 3.56. The van der Waals surface area contributed by atoms with Crippen LogP contribution in [0.2, 0.25) is 0 Å². The van der Waals surface area contributed by atoms with E-state index in [9.17, 15) is 29.4 Å². The SMILES string of the molecule is O=C(O)CNC(=O)c1c(O)c(C(=O)Nc2nc(-c3ccccc3)cs2)c(=O)n(C2CCCCC2)c1O. The molecule has 1 saturated carbocycles. The van der Waals surface area contributed by atoms with Crippen molar-refractivity contribution >= 4 is 34.3 Å². The fourth-order valence-corrected chi connectivity index (χ4v) is 4.95. The molecule has 12 heteroatoms. The number of hydrogen-bond donors (Lipinski definition) is 5. The number of pyridine rings is 1. The maximum atomic E-state index is 13.3. The Hall–Kier alpha value is -4.19. The number of carbonyl (C=O) groups is 3. The van der Waals surface area contributed by atoms with E-state index in [0.29, 0.717) is 18.5 Å². The summed E-state index contributed by atoms with van der Waals surface area (Å²) in [5.74, 6) is -5.34. The van der Waals surface area contributed by atoms with Gasteiger partial charge in [-0.3, -0.25) is 29.1 Å². The minimum atomic E-state index is -1.35. The second-order valence-corrected chi connectivity index (χ2v) is 9.18. The second kappa shape index (κ2) is 10.6. The Balaban J connectivity index is 1.74. The van der Waals surface area contributed by atoms with Gasteiger partial charge in [0.15, 0.2) is 10.9 Å². The highest BCUT2D eigenvalue weighted by molar-refractivity contribution is 7.14. The summed E-state index contributed by atoms with van der Waals surface area (Å²) in [5, 5.41) is 36.9. The summed E-state index contributed by atoms with van der Waals surface area (Å²) in [6.45, 7) is -0.789. The normalized spacial score (nSPS) is 13.8. The van der Waals surface area contributed by atoms with Crippen LogP contribution >= 0.6 is 11.3 Å². The number of nitrogens with zero attached hydrogens (tertiary/aromatic N) is 2. The van der Waals surface area contributed by atoms with Crippen LogP contribution in [-0.2, 0) is 4.79 Å². The first kappa shape index (κ1) is 24.9. The van der Waals surface area contributed by atoms with E-state index in [1.54, 1.807) is 5.38 Å². The van der Waals surface area contributed by atoms with Gasteiger partial charge < -0.3 is 20.6 Å². The van der Waals surface area contributed by atoms with Crippen LogP contribution in [0.5, 0.6) is 11.6 Å². The first-order valence-corrected chi connectivity index (χ1v) is 12.2. The first-order valence-electron chi connectivity index (χ1n) is 11.3. The maximum absolute atomic E-state index is 13.3. The maximum Gasteiger partial charge on any atom is 0.322 e. The molecular formula is C24H24N4O7S. The first-order chi connectivity index (χ1) is 17.3. The molecule has 1 fully saturated rings. The molecule has 2 aromatic heterocycles.